The zero-order valence-corrected chi connectivity index (χ0v) is 20.8. The van der Waals surface area contributed by atoms with Gasteiger partial charge in [-0.2, -0.15) is 0 Å². The fourth-order valence-corrected chi connectivity index (χ4v) is 3.47. The second-order valence-electron chi connectivity index (χ2n) is 8.61. The van der Waals surface area contributed by atoms with Crippen molar-refractivity contribution in [1.82, 2.24) is 0 Å². The molecule has 1 rings (SSSR count). The quantitative estimate of drug-likeness (QED) is 0.105. The number of carbonyl (C=O) groups is 2. The predicted molar refractivity (Wildman–Crippen MR) is 128 cm³/mol. The Balaban J connectivity index is 2.16. The third-order valence-corrected chi connectivity index (χ3v) is 5.89. The number of unbranched alkanes of at least 4 members (excludes halogenated alkanes) is 11. The molecule has 0 N–H and O–H groups in total. The van der Waals surface area contributed by atoms with Gasteiger partial charge >= 0.3 is 11.9 Å². The molecule has 0 atom stereocenters. The molecule has 0 aromatic heterocycles. The van der Waals surface area contributed by atoms with Crippen molar-refractivity contribution in [2.24, 2.45) is 5.41 Å². The summed E-state index contributed by atoms with van der Waals surface area (Å²) in [4.78, 5) is 24.8. The van der Waals surface area contributed by atoms with Crippen LogP contribution in [-0.2, 0) is 14.3 Å². The van der Waals surface area contributed by atoms with Gasteiger partial charge in [0.15, 0.2) is 11.2 Å². The number of benzene rings is 1. The van der Waals surface area contributed by atoms with E-state index in [0.717, 1.165) is 19.3 Å². The van der Waals surface area contributed by atoms with E-state index in [1.165, 1.54) is 83.8 Å². The molecule has 0 fully saturated rings. The van der Waals surface area contributed by atoms with Crippen molar-refractivity contribution < 1.29 is 19.1 Å². The maximum atomic E-state index is 12.4. The molecule has 0 unspecified atom stereocenters. The summed E-state index contributed by atoms with van der Waals surface area (Å²) < 4.78 is 10.6. The van der Waals surface area contributed by atoms with Gasteiger partial charge in [0.2, 0.25) is 0 Å². The van der Waals surface area contributed by atoms with E-state index in [2.05, 4.69) is 6.92 Å². The number of hydrogen-bond donors (Lipinski definition) is 0. The van der Waals surface area contributed by atoms with Gasteiger partial charge in [-0.1, -0.05) is 101 Å². The summed E-state index contributed by atoms with van der Waals surface area (Å²) in [5.74, 6) is -1.20. The fraction of sp³-hybridized carbons (Fsp3) is 0.680. The summed E-state index contributed by atoms with van der Waals surface area (Å²) in [6.45, 7) is 5.52. The molecule has 0 radical (unpaired) electrons. The average Bonchev–Trinajstić information content (AvgIpc) is 2.73. The Morgan fingerprint density at radius 2 is 1.32 bits per heavy atom. The molecule has 0 spiro atoms. The molecule has 1 aromatic rings. The van der Waals surface area contributed by atoms with E-state index in [-0.39, 0.29) is 10.8 Å². The van der Waals surface area contributed by atoms with Gasteiger partial charge in [0.05, 0.1) is 11.6 Å². The van der Waals surface area contributed by atoms with Crippen LogP contribution in [0.1, 0.15) is 97.8 Å². The molecule has 0 bridgehead atoms. The lowest BCUT2D eigenvalue weighted by molar-refractivity contribution is -0.164. The van der Waals surface area contributed by atoms with Gasteiger partial charge in [0.1, 0.15) is 0 Å². The van der Waals surface area contributed by atoms with Gasteiger partial charge in [0.25, 0.3) is 0 Å². The van der Waals surface area contributed by atoms with Crippen molar-refractivity contribution >= 4 is 35.1 Å². The zero-order valence-electron chi connectivity index (χ0n) is 19.3. The maximum Gasteiger partial charge on any atom is 0.328 e. The van der Waals surface area contributed by atoms with Crippen LogP contribution in [0.4, 0.5) is 0 Å². The van der Waals surface area contributed by atoms with Crippen molar-refractivity contribution in [2.75, 3.05) is 6.61 Å². The molecule has 0 heterocycles. The summed E-state index contributed by atoms with van der Waals surface area (Å²) in [5.41, 5.74) is -1.43. The van der Waals surface area contributed by atoms with Crippen LogP contribution in [0.3, 0.4) is 0 Å². The molecule has 31 heavy (non-hydrogen) atoms. The van der Waals surface area contributed by atoms with Crippen LogP contribution < -0.4 is 4.74 Å². The van der Waals surface area contributed by atoms with Crippen LogP contribution in [0.25, 0.3) is 0 Å². The Kier molecular flexibility index (Phi) is 13.9. The van der Waals surface area contributed by atoms with E-state index in [9.17, 15) is 9.59 Å². The Morgan fingerprint density at radius 3 is 1.87 bits per heavy atom. The standard InChI is InChI=1S/C25H38Cl2O4/c1-4-5-6-7-8-9-10-11-12-13-14-15-18-30-23(28)25(2,3)24(29)31-22-19-20(26)16-17-21(22)27/h16-17,19H,4-15,18H2,1-3H3. The van der Waals surface area contributed by atoms with Crippen LogP contribution in [0.2, 0.25) is 10.0 Å². The third kappa shape index (κ3) is 11.2. The van der Waals surface area contributed by atoms with Crippen LogP contribution in [0.15, 0.2) is 18.2 Å². The highest BCUT2D eigenvalue weighted by atomic mass is 35.5. The monoisotopic (exact) mass is 472 g/mol. The Morgan fingerprint density at radius 1 is 0.806 bits per heavy atom. The second kappa shape index (κ2) is 15.5. The van der Waals surface area contributed by atoms with Crippen LogP contribution in [0.5, 0.6) is 5.75 Å². The molecule has 0 amide bonds. The number of ether oxygens (including phenoxy) is 2. The van der Waals surface area contributed by atoms with Crippen LogP contribution >= 0.6 is 23.2 Å². The Bertz CT molecular complexity index is 673. The average molecular weight is 473 g/mol. The molecule has 0 aliphatic heterocycles. The molecule has 1 aromatic carbocycles. The van der Waals surface area contributed by atoms with Gasteiger partial charge in [-0.3, -0.25) is 9.59 Å². The molecule has 0 aliphatic rings. The minimum atomic E-state index is -1.43. The lowest BCUT2D eigenvalue weighted by Gasteiger charge is -2.21. The molecule has 6 heteroatoms. The molecule has 176 valence electrons. The van der Waals surface area contributed by atoms with E-state index in [1.807, 2.05) is 0 Å². The first kappa shape index (κ1) is 27.8. The highest BCUT2D eigenvalue weighted by Crippen LogP contribution is 2.30. The van der Waals surface area contributed by atoms with E-state index in [1.54, 1.807) is 6.07 Å². The molecular weight excluding hydrogens is 435 g/mol. The zero-order chi connectivity index (χ0) is 23.1. The number of halogens is 2. The van der Waals surface area contributed by atoms with Gasteiger partial charge < -0.3 is 9.47 Å². The summed E-state index contributed by atoms with van der Waals surface area (Å²) in [7, 11) is 0. The predicted octanol–water partition coefficient (Wildman–Crippen LogP) is 8.17. The van der Waals surface area contributed by atoms with Crippen LogP contribution in [0, 0.1) is 5.41 Å². The minimum Gasteiger partial charge on any atom is -0.465 e. The molecule has 0 saturated carbocycles. The number of esters is 2. The van der Waals surface area contributed by atoms with Crippen LogP contribution in [-0.4, -0.2) is 18.5 Å². The SMILES string of the molecule is CCCCCCCCCCCCCCOC(=O)C(C)(C)C(=O)Oc1cc(Cl)ccc1Cl. The Labute approximate surface area is 198 Å². The summed E-state index contributed by atoms with van der Waals surface area (Å²) in [5, 5.41) is 0.637. The van der Waals surface area contributed by atoms with Gasteiger partial charge in [0, 0.05) is 11.1 Å². The van der Waals surface area contributed by atoms with Gasteiger partial charge in [-0.15, -0.1) is 0 Å². The largest absolute Gasteiger partial charge is 0.465 e. The first-order valence-electron chi connectivity index (χ1n) is 11.6. The van der Waals surface area contributed by atoms with Crippen molar-refractivity contribution in [2.45, 2.75) is 97.8 Å². The number of rotatable bonds is 16. The first-order chi connectivity index (χ1) is 14.8. The maximum absolute atomic E-state index is 12.4. The van der Waals surface area contributed by atoms with Crippen molar-refractivity contribution in [3.05, 3.63) is 28.2 Å². The number of hydrogen-bond acceptors (Lipinski definition) is 4. The molecule has 0 saturated heterocycles. The normalized spacial score (nSPS) is 11.4. The second-order valence-corrected chi connectivity index (χ2v) is 9.46. The van der Waals surface area contributed by atoms with E-state index in [4.69, 9.17) is 32.7 Å². The number of carbonyl (C=O) groups excluding carboxylic acids is 2. The summed E-state index contributed by atoms with van der Waals surface area (Å²) in [6, 6.07) is 4.57. The molecular formula is C25H38Cl2O4. The van der Waals surface area contributed by atoms with E-state index >= 15 is 0 Å². The highest BCUT2D eigenvalue weighted by Gasteiger charge is 2.40. The molecule has 4 nitrogen and oxygen atoms in total. The Hall–Kier alpha value is -1.26. The van der Waals surface area contributed by atoms with Crippen molar-refractivity contribution in [3.63, 3.8) is 0 Å². The smallest absolute Gasteiger partial charge is 0.328 e. The minimum absolute atomic E-state index is 0.126. The fourth-order valence-electron chi connectivity index (χ4n) is 3.15. The van der Waals surface area contributed by atoms with Crippen molar-refractivity contribution in [1.29, 1.82) is 0 Å². The van der Waals surface area contributed by atoms with Crippen molar-refractivity contribution in [3.8, 4) is 5.75 Å². The first-order valence-corrected chi connectivity index (χ1v) is 12.4. The lowest BCUT2D eigenvalue weighted by Crippen LogP contribution is -2.38. The van der Waals surface area contributed by atoms with E-state index in [0.29, 0.717) is 11.6 Å². The van der Waals surface area contributed by atoms with E-state index < -0.39 is 17.4 Å². The molecule has 0 aliphatic carbocycles. The summed E-state index contributed by atoms with van der Waals surface area (Å²) in [6.07, 6.45) is 14.9. The summed E-state index contributed by atoms with van der Waals surface area (Å²) >= 11 is 11.9. The topological polar surface area (TPSA) is 52.6 Å². The highest BCUT2D eigenvalue weighted by molar-refractivity contribution is 6.34. The third-order valence-electron chi connectivity index (χ3n) is 5.35. The van der Waals surface area contributed by atoms with Gasteiger partial charge in [-0.05, 0) is 32.4 Å². The lowest BCUT2D eigenvalue weighted by atomic mass is 9.94. The van der Waals surface area contributed by atoms with Gasteiger partial charge in [-0.25, -0.2) is 0 Å².